The van der Waals surface area contributed by atoms with E-state index in [1.807, 2.05) is 12.1 Å². The van der Waals surface area contributed by atoms with E-state index >= 15 is 0 Å². The molecule has 1 heterocycles. The van der Waals surface area contributed by atoms with Gasteiger partial charge in [0.15, 0.2) is 0 Å². The Balaban J connectivity index is 1.94. The van der Waals surface area contributed by atoms with Crippen LogP contribution >= 0.6 is 11.6 Å². The topological polar surface area (TPSA) is 67.2 Å². The van der Waals surface area contributed by atoms with Gasteiger partial charge in [-0.2, -0.15) is 0 Å². The molecule has 0 aliphatic heterocycles. The van der Waals surface area contributed by atoms with E-state index in [9.17, 15) is 4.79 Å². The van der Waals surface area contributed by atoms with Crippen molar-refractivity contribution in [2.24, 2.45) is 0 Å². The predicted molar refractivity (Wildman–Crippen MR) is 74.4 cm³/mol. The van der Waals surface area contributed by atoms with Gasteiger partial charge in [-0.1, -0.05) is 16.8 Å². The highest BCUT2D eigenvalue weighted by molar-refractivity contribution is 6.30. The van der Waals surface area contributed by atoms with Crippen molar-refractivity contribution in [2.75, 3.05) is 10.6 Å². The highest BCUT2D eigenvalue weighted by atomic mass is 35.5. The molecule has 1 aromatic heterocycles. The monoisotopic (exact) mass is 279 g/mol. The average molecular weight is 280 g/mol. The number of nitrogens with zero attached hydrogens (tertiary/aromatic N) is 1. The van der Waals surface area contributed by atoms with Crippen LogP contribution < -0.4 is 10.6 Å². The summed E-state index contributed by atoms with van der Waals surface area (Å²) in [4.78, 5) is 11.9. The minimum absolute atomic E-state index is 0.203. The average Bonchev–Trinajstić information content (AvgIpc) is 2.77. The molecular formula is C13H14ClN3O2. The molecule has 1 atom stereocenters. The number of amides is 1. The molecule has 0 spiro atoms. The van der Waals surface area contributed by atoms with Gasteiger partial charge in [-0.15, -0.1) is 0 Å². The second-order valence-electron chi connectivity index (χ2n) is 4.19. The van der Waals surface area contributed by atoms with Crippen LogP contribution in [-0.4, -0.2) is 17.1 Å². The van der Waals surface area contributed by atoms with Crippen molar-refractivity contribution in [1.82, 2.24) is 5.16 Å². The van der Waals surface area contributed by atoms with Crippen LogP contribution in [0.15, 0.2) is 34.9 Å². The van der Waals surface area contributed by atoms with E-state index in [0.717, 1.165) is 5.69 Å². The Hall–Kier alpha value is -2.01. The first-order valence-electron chi connectivity index (χ1n) is 5.81. The Labute approximate surface area is 115 Å². The zero-order chi connectivity index (χ0) is 13.8. The van der Waals surface area contributed by atoms with Crippen molar-refractivity contribution in [3.05, 3.63) is 41.0 Å². The minimum atomic E-state index is -0.411. The molecule has 19 heavy (non-hydrogen) atoms. The van der Waals surface area contributed by atoms with Crippen molar-refractivity contribution < 1.29 is 9.32 Å². The van der Waals surface area contributed by atoms with E-state index in [0.29, 0.717) is 16.6 Å². The molecule has 0 radical (unpaired) electrons. The van der Waals surface area contributed by atoms with Gasteiger partial charge in [0, 0.05) is 16.8 Å². The van der Waals surface area contributed by atoms with E-state index in [1.54, 1.807) is 32.0 Å². The summed E-state index contributed by atoms with van der Waals surface area (Å²) in [7, 11) is 0. The highest BCUT2D eigenvalue weighted by Crippen LogP contribution is 2.15. The number of anilines is 2. The molecule has 0 saturated heterocycles. The van der Waals surface area contributed by atoms with E-state index in [2.05, 4.69) is 15.8 Å². The molecule has 0 aliphatic carbocycles. The number of benzene rings is 1. The fourth-order valence-corrected chi connectivity index (χ4v) is 1.64. The van der Waals surface area contributed by atoms with E-state index < -0.39 is 6.04 Å². The number of nitrogens with one attached hydrogen (secondary N) is 2. The largest absolute Gasteiger partial charge is 0.374 e. The summed E-state index contributed by atoms with van der Waals surface area (Å²) in [5, 5.41) is 10.1. The van der Waals surface area contributed by atoms with Crippen LogP contribution in [0.1, 0.15) is 12.6 Å². The SMILES string of the molecule is Cc1cc(NC(=O)C(C)Nc2ccc(Cl)cc2)on1. The van der Waals surface area contributed by atoms with Crippen molar-refractivity contribution >= 4 is 29.1 Å². The van der Waals surface area contributed by atoms with Gasteiger partial charge in [0.1, 0.15) is 6.04 Å². The summed E-state index contributed by atoms with van der Waals surface area (Å²) in [5.41, 5.74) is 1.54. The van der Waals surface area contributed by atoms with Crippen LogP contribution in [0.4, 0.5) is 11.6 Å². The summed E-state index contributed by atoms with van der Waals surface area (Å²) < 4.78 is 4.92. The molecule has 2 rings (SSSR count). The van der Waals surface area contributed by atoms with Gasteiger partial charge in [0.05, 0.1) is 5.69 Å². The molecule has 2 N–H and O–H groups in total. The third-order valence-corrected chi connectivity index (χ3v) is 2.75. The lowest BCUT2D eigenvalue weighted by Gasteiger charge is -2.13. The molecule has 0 bridgehead atoms. The smallest absolute Gasteiger partial charge is 0.248 e. The first-order chi connectivity index (χ1) is 9.04. The Kier molecular flexibility index (Phi) is 4.06. The molecule has 1 amide bonds. The Bertz CT molecular complexity index is 566. The van der Waals surface area contributed by atoms with Gasteiger partial charge in [0.2, 0.25) is 11.8 Å². The summed E-state index contributed by atoms with van der Waals surface area (Å²) in [6.07, 6.45) is 0. The molecule has 100 valence electrons. The Morgan fingerprint density at radius 3 is 2.63 bits per heavy atom. The fraction of sp³-hybridized carbons (Fsp3) is 0.231. The third-order valence-electron chi connectivity index (χ3n) is 2.50. The molecular weight excluding hydrogens is 266 g/mol. The maximum atomic E-state index is 11.9. The standard InChI is InChI=1S/C13H14ClN3O2/c1-8-7-12(19-17-8)16-13(18)9(2)15-11-5-3-10(14)4-6-11/h3-7,9,15H,1-2H3,(H,16,18). The fourth-order valence-electron chi connectivity index (χ4n) is 1.51. The van der Waals surface area contributed by atoms with Crippen molar-refractivity contribution in [2.45, 2.75) is 19.9 Å². The zero-order valence-electron chi connectivity index (χ0n) is 10.6. The first kappa shape index (κ1) is 13.4. The van der Waals surface area contributed by atoms with Crippen LogP contribution in [0.5, 0.6) is 0 Å². The Morgan fingerprint density at radius 2 is 2.05 bits per heavy atom. The van der Waals surface area contributed by atoms with Crippen molar-refractivity contribution in [1.29, 1.82) is 0 Å². The molecule has 6 heteroatoms. The molecule has 0 aliphatic rings. The predicted octanol–water partition coefficient (Wildman–Crippen LogP) is 3.08. The summed E-state index contributed by atoms with van der Waals surface area (Å²) in [6, 6.07) is 8.39. The number of hydrogen-bond acceptors (Lipinski definition) is 4. The number of halogens is 1. The molecule has 2 aromatic rings. The quantitative estimate of drug-likeness (QED) is 0.902. The summed E-state index contributed by atoms with van der Waals surface area (Å²) in [6.45, 7) is 3.54. The lowest BCUT2D eigenvalue weighted by Crippen LogP contribution is -2.31. The number of carbonyl (C=O) groups excluding carboxylic acids is 1. The van der Waals surface area contributed by atoms with Gasteiger partial charge in [-0.25, -0.2) is 0 Å². The second-order valence-corrected chi connectivity index (χ2v) is 4.63. The van der Waals surface area contributed by atoms with Gasteiger partial charge in [-0.05, 0) is 38.1 Å². The van der Waals surface area contributed by atoms with Crippen LogP contribution in [0.25, 0.3) is 0 Å². The van der Waals surface area contributed by atoms with E-state index in [1.165, 1.54) is 0 Å². The molecule has 0 fully saturated rings. The molecule has 1 aromatic carbocycles. The number of aromatic nitrogens is 1. The van der Waals surface area contributed by atoms with Crippen molar-refractivity contribution in [3.63, 3.8) is 0 Å². The van der Waals surface area contributed by atoms with Crippen LogP contribution in [-0.2, 0) is 4.79 Å². The van der Waals surface area contributed by atoms with Crippen molar-refractivity contribution in [3.8, 4) is 0 Å². The summed E-state index contributed by atoms with van der Waals surface area (Å²) in [5.74, 6) is 0.137. The van der Waals surface area contributed by atoms with Crippen LogP contribution in [0.3, 0.4) is 0 Å². The lowest BCUT2D eigenvalue weighted by atomic mass is 10.2. The molecule has 0 saturated carbocycles. The Morgan fingerprint density at radius 1 is 1.37 bits per heavy atom. The van der Waals surface area contributed by atoms with E-state index in [-0.39, 0.29) is 5.91 Å². The summed E-state index contributed by atoms with van der Waals surface area (Å²) >= 11 is 5.79. The number of carbonyl (C=O) groups is 1. The molecule has 1 unspecified atom stereocenters. The van der Waals surface area contributed by atoms with Gasteiger partial charge < -0.3 is 9.84 Å². The normalized spacial score (nSPS) is 11.9. The maximum absolute atomic E-state index is 11.9. The van der Waals surface area contributed by atoms with Gasteiger partial charge in [-0.3, -0.25) is 10.1 Å². The van der Waals surface area contributed by atoms with Crippen LogP contribution in [0, 0.1) is 6.92 Å². The maximum Gasteiger partial charge on any atom is 0.248 e. The third kappa shape index (κ3) is 3.72. The number of rotatable bonds is 4. The highest BCUT2D eigenvalue weighted by Gasteiger charge is 2.14. The van der Waals surface area contributed by atoms with Crippen LogP contribution in [0.2, 0.25) is 5.02 Å². The zero-order valence-corrected chi connectivity index (χ0v) is 11.4. The second kappa shape index (κ2) is 5.75. The van der Waals surface area contributed by atoms with Gasteiger partial charge in [0.25, 0.3) is 0 Å². The number of hydrogen-bond donors (Lipinski definition) is 2. The lowest BCUT2D eigenvalue weighted by molar-refractivity contribution is -0.116. The first-order valence-corrected chi connectivity index (χ1v) is 6.18. The number of aryl methyl sites for hydroxylation is 1. The van der Waals surface area contributed by atoms with Gasteiger partial charge >= 0.3 is 0 Å². The van der Waals surface area contributed by atoms with E-state index in [4.69, 9.17) is 16.1 Å². The molecule has 5 nitrogen and oxygen atoms in total. The minimum Gasteiger partial charge on any atom is -0.374 e.